The SMILES string of the molecule is Br.CCCCCCCCCCc1ccccc1N(CC)CC. The van der Waals surface area contributed by atoms with Crippen LogP contribution in [0.15, 0.2) is 24.3 Å². The second-order valence-electron chi connectivity index (χ2n) is 6.03. The number of unbranched alkanes of at least 4 members (excludes halogenated alkanes) is 7. The van der Waals surface area contributed by atoms with Crippen molar-refractivity contribution in [1.82, 2.24) is 0 Å². The molecule has 0 N–H and O–H groups in total. The van der Waals surface area contributed by atoms with Crippen LogP contribution in [0.5, 0.6) is 0 Å². The molecular formula is C20H36BrN. The van der Waals surface area contributed by atoms with Gasteiger partial charge in [-0.15, -0.1) is 17.0 Å². The van der Waals surface area contributed by atoms with Crippen molar-refractivity contribution in [1.29, 1.82) is 0 Å². The van der Waals surface area contributed by atoms with Crippen molar-refractivity contribution in [2.45, 2.75) is 78.6 Å². The summed E-state index contributed by atoms with van der Waals surface area (Å²) in [6, 6.07) is 8.96. The summed E-state index contributed by atoms with van der Waals surface area (Å²) in [7, 11) is 0. The van der Waals surface area contributed by atoms with Crippen LogP contribution in [0, 0.1) is 0 Å². The first-order valence-electron chi connectivity index (χ1n) is 9.16. The smallest absolute Gasteiger partial charge is 0.0398 e. The van der Waals surface area contributed by atoms with Gasteiger partial charge in [-0.05, 0) is 38.3 Å². The summed E-state index contributed by atoms with van der Waals surface area (Å²) in [6.07, 6.45) is 12.4. The fourth-order valence-corrected chi connectivity index (χ4v) is 3.04. The van der Waals surface area contributed by atoms with Crippen LogP contribution >= 0.6 is 17.0 Å². The molecule has 1 aromatic carbocycles. The third kappa shape index (κ3) is 8.22. The minimum atomic E-state index is 0. The number of aryl methyl sites for hydroxylation is 1. The Kier molecular flexibility index (Phi) is 13.8. The molecule has 0 radical (unpaired) electrons. The van der Waals surface area contributed by atoms with Gasteiger partial charge in [0.05, 0.1) is 0 Å². The highest BCUT2D eigenvalue weighted by molar-refractivity contribution is 8.93. The van der Waals surface area contributed by atoms with Crippen LogP contribution in [0.25, 0.3) is 0 Å². The molecule has 128 valence electrons. The Balaban J connectivity index is 0.00000441. The number of para-hydroxylation sites is 1. The average Bonchev–Trinajstić information content (AvgIpc) is 2.52. The Bertz CT molecular complexity index is 360. The molecule has 1 nitrogen and oxygen atoms in total. The van der Waals surface area contributed by atoms with E-state index in [2.05, 4.69) is 49.9 Å². The van der Waals surface area contributed by atoms with Crippen molar-refractivity contribution in [3.8, 4) is 0 Å². The predicted octanol–water partition coefficient (Wildman–Crippen LogP) is 6.79. The van der Waals surface area contributed by atoms with Crippen LogP contribution in [-0.2, 0) is 6.42 Å². The quantitative estimate of drug-likeness (QED) is 0.366. The summed E-state index contributed by atoms with van der Waals surface area (Å²) < 4.78 is 0. The van der Waals surface area contributed by atoms with Gasteiger partial charge in [0, 0.05) is 18.8 Å². The molecule has 1 rings (SSSR count). The van der Waals surface area contributed by atoms with E-state index in [4.69, 9.17) is 0 Å². The van der Waals surface area contributed by atoms with Gasteiger partial charge in [0.2, 0.25) is 0 Å². The Hall–Kier alpha value is -0.500. The first-order chi connectivity index (χ1) is 10.3. The van der Waals surface area contributed by atoms with Crippen LogP contribution in [0.3, 0.4) is 0 Å². The molecule has 0 aromatic heterocycles. The Morgan fingerprint density at radius 1 is 0.727 bits per heavy atom. The van der Waals surface area contributed by atoms with Gasteiger partial charge in [0.1, 0.15) is 0 Å². The Morgan fingerprint density at radius 3 is 1.86 bits per heavy atom. The molecule has 0 unspecified atom stereocenters. The standard InChI is InChI=1S/C20H35N.BrH/c1-4-7-8-9-10-11-12-13-16-19-17-14-15-18-20(19)21(5-2)6-3;/h14-15,17-18H,4-13,16H2,1-3H3;1H. The summed E-state index contributed by atoms with van der Waals surface area (Å²) in [6.45, 7) is 8.98. The maximum absolute atomic E-state index is 2.47. The van der Waals surface area contributed by atoms with Gasteiger partial charge in [-0.3, -0.25) is 0 Å². The van der Waals surface area contributed by atoms with Gasteiger partial charge in [0.15, 0.2) is 0 Å². The first-order valence-corrected chi connectivity index (χ1v) is 9.16. The highest BCUT2D eigenvalue weighted by atomic mass is 79.9. The van der Waals surface area contributed by atoms with Crippen LogP contribution < -0.4 is 4.90 Å². The molecule has 0 bridgehead atoms. The van der Waals surface area contributed by atoms with E-state index in [1.807, 2.05) is 0 Å². The van der Waals surface area contributed by atoms with E-state index in [1.54, 1.807) is 0 Å². The largest absolute Gasteiger partial charge is 0.372 e. The molecule has 0 fully saturated rings. The minimum Gasteiger partial charge on any atom is -0.372 e. The van der Waals surface area contributed by atoms with Gasteiger partial charge in [0.25, 0.3) is 0 Å². The number of rotatable bonds is 12. The first kappa shape index (κ1) is 21.5. The summed E-state index contributed by atoms with van der Waals surface area (Å²) in [4.78, 5) is 2.47. The highest BCUT2D eigenvalue weighted by Crippen LogP contribution is 2.22. The lowest BCUT2D eigenvalue weighted by Gasteiger charge is -2.24. The molecular weight excluding hydrogens is 334 g/mol. The second-order valence-corrected chi connectivity index (χ2v) is 6.03. The lowest BCUT2D eigenvalue weighted by Crippen LogP contribution is -2.23. The molecule has 1 aromatic rings. The van der Waals surface area contributed by atoms with Gasteiger partial charge in [-0.2, -0.15) is 0 Å². The summed E-state index contributed by atoms with van der Waals surface area (Å²) in [5.74, 6) is 0. The van der Waals surface area contributed by atoms with Crippen LogP contribution in [-0.4, -0.2) is 13.1 Å². The lowest BCUT2D eigenvalue weighted by atomic mass is 10.0. The molecule has 2 heteroatoms. The number of halogens is 1. The zero-order valence-electron chi connectivity index (χ0n) is 14.9. The van der Waals surface area contributed by atoms with Crippen LogP contribution in [0.1, 0.15) is 77.7 Å². The van der Waals surface area contributed by atoms with E-state index >= 15 is 0 Å². The van der Waals surface area contributed by atoms with Crippen molar-refractivity contribution in [2.24, 2.45) is 0 Å². The maximum Gasteiger partial charge on any atom is 0.0398 e. The molecule has 0 spiro atoms. The normalized spacial score (nSPS) is 10.3. The summed E-state index contributed by atoms with van der Waals surface area (Å²) in [5.41, 5.74) is 2.98. The zero-order valence-corrected chi connectivity index (χ0v) is 16.7. The van der Waals surface area contributed by atoms with Crippen LogP contribution in [0.2, 0.25) is 0 Å². The van der Waals surface area contributed by atoms with Gasteiger partial charge < -0.3 is 4.90 Å². The number of benzene rings is 1. The number of hydrogen-bond donors (Lipinski definition) is 0. The van der Waals surface area contributed by atoms with E-state index < -0.39 is 0 Å². The molecule has 0 aliphatic rings. The van der Waals surface area contributed by atoms with Gasteiger partial charge >= 0.3 is 0 Å². The van der Waals surface area contributed by atoms with Gasteiger partial charge in [-0.25, -0.2) is 0 Å². The third-order valence-corrected chi connectivity index (χ3v) is 4.40. The van der Waals surface area contributed by atoms with E-state index in [0.717, 1.165) is 13.1 Å². The lowest BCUT2D eigenvalue weighted by molar-refractivity contribution is 0.575. The van der Waals surface area contributed by atoms with E-state index in [-0.39, 0.29) is 17.0 Å². The van der Waals surface area contributed by atoms with Gasteiger partial charge in [-0.1, -0.05) is 70.1 Å². The van der Waals surface area contributed by atoms with Crippen molar-refractivity contribution in [3.05, 3.63) is 29.8 Å². The number of hydrogen-bond acceptors (Lipinski definition) is 1. The van der Waals surface area contributed by atoms with Crippen molar-refractivity contribution < 1.29 is 0 Å². The number of nitrogens with zero attached hydrogens (tertiary/aromatic N) is 1. The average molecular weight is 370 g/mol. The summed E-state index contributed by atoms with van der Waals surface area (Å²) in [5, 5.41) is 0. The minimum absolute atomic E-state index is 0. The molecule has 0 saturated heterocycles. The van der Waals surface area contributed by atoms with Crippen LogP contribution in [0.4, 0.5) is 5.69 Å². The topological polar surface area (TPSA) is 3.24 Å². The fraction of sp³-hybridized carbons (Fsp3) is 0.700. The molecule has 0 aliphatic heterocycles. The maximum atomic E-state index is 2.47. The molecule has 0 saturated carbocycles. The molecule has 22 heavy (non-hydrogen) atoms. The fourth-order valence-electron chi connectivity index (χ4n) is 3.04. The van der Waals surface area contributed by atoms with Crippen molar-refractivity contribution in [2.75, 3.05) is 18.0 Å². The molecule has 0 atom stereocenters. The van der Waals surface area contributed by atoms with E-state index in [1.165, 1.54) is 69.0 Å². The van der Waals surface area contributed by atoms with E-state index in [0.29, 0.717) is 0 Å². The Morgan fingerprint density at radius 2 is 1.27 bits per heavy atom. The van der Waals surface area contributed by atoms with E-state index in [9.17, 15) is 0 Å². The zero-order chi connectivity index (χ0) is 15.3. The summed E-state index contributed by atoms with van der Waals surface area (Å²) >= 11 is 0. The third-order valence-electron chi connectivity index (χ3n) is 4.40. The second kappa shape index (κ2) is 14.1. The molecule has 0 heterocycles. The highest BCUT2D eigenvalue weighted by Gasteiger charge is 2.07. The molecule has 0 amide bonds. The number of anilines is 1. The predicted molar refractivity (Wildman–Crippen MR) is 107 cm³/mol. The Labute approximate surface area is 149 Å². The van der Waals surface area contributed by atoms with Crippen molar-refractivity contribution >= 4 is 22.7 Å². The monoisotopic (exact) mass is 369 g/mol. The molecule has 0 aliphatic carbocycles. The van der Waals surface area contributed by atoms with Crippen molar-refractivity contribution in [3.63, 3.8) is 0 Å².